The van der Waals surface area contributed by atoms with E-state index in [1.807, 2.05) is 42.5 Å². The van der Waals surface area contributed by atoms with Crippen LogP contribution in [0.3, 0.4) is 0 Å². The lowest BCUT2D eigenvalue weighted by Crippen LogP contribution is -2.32. The monoisotopic (exact) mass is 343 g/mol. The Morgan fingerprint density at radius 3 is 2.85 bits per heavy atom. The maximum absolute atomic E-state index is 12.1. The van der Waals surface area contributed by atoms with Crippen molar-refractivity contribution in [3.8, 4) is 0 Å². The van der Waals surface area contributed by atoms with Crippen molar-refractivity contribution in [3.63, 3.8) is 0 Å². The lowest BCUT2D eigenvalue weighted by atomic mass is 10.1. The maximum Gasteiger partial charge on any atom is 0.296 e. The lowest BCUT2D eigenvalue weighted by molar-refractivity contribution is -0.114. The summed E-state index contributed by atoms with van der Waals surface area (Å²) in [5.41, 5.74) is 5.02. The van der Waals surface area contributed by atoms with E-state index >= 15 is 0 Å². The molecule has 1 amide bonds. The van der Waals surface area contributed by atoms with E-state index in [-0.39, 0.29) is 5.91 Å². The number of fused-ring (bicyclic) bond motifs is 1. The highest BCUT2D eigenvalue weighted by Gasteiger charge is 2.20. The molecule has 1 aromatic carbocycles. The van der Waals surface area contributed by atoms with Crippen molar-refractivity contribution in [3.05, 3.63) is 77.2 Å². The van der Waals surface area contributed by atoms with Gasteiger partial charge in [-0.3, -0.25) is 9.78 Å². The van der Waals surface area contributed by atoms with Crippen molar-refractivity contribution in [1.29, 1.82) is 0 Å². The van der Waals surface area contributed by atoms with Crippen molar-refractivity contribution >= 4 is 29.0 Å². The largest absolute Gasteiger partial charge is 0.352 e. The molecule has 2 N–H and O–H groups in total. The number of nitrogens with zero attached hydrogens (tertiary/aromatic N) is 3. The van der Waals surface area contributed by atoms with E-state index in [0.29, 0.717) is 23.9 Å². The third-order valence-corrected chi connectivity index (χ3v) is 4.17. The highest BCUT2D eigenvalue weighted by atomic mass is 16.2. The molecule has 6 heteroatoms. The van der Waals surface area contributed by atoms with E-state index < -0.39 is 0 Å². The number of guanidine groups is 1. The lowest BCUT2D eigenvalue weighted by Gasteiger charge is -2.08. The summed E-state index contributed by atoms with van der Waals surface area (Å²) < 4.78 is 0. The van der Waals surface area contributed by atoms with E-state index in [1.54, 1.807) is 12.3 Å². The zero-order valence-electron chi connectivity index (χ0n) is 14.2. The van der Waals surface area contributed by atoms with Crippen LogP contribution in [0.5, 0.6) is 0 Å². The van der Waals surface area contributed by atoms with Gasteiger partial charge in [0.1, 0.15) is 5.70 Å². The SMILES string of the molecule is Cc1ccccc1CNC1=NC(=O)/C(=C/c2ccc3ncccc3n2)N1. The van der Waals surface area contributed by atoms with Crippen LogP contribution in [0.4, 0.5) is 0 Å². The molecule has 2 aromatic heterocycles. The second-order valence-corrected chi connectivity index (χ2v) is 6.01. The molecule has 128 valence electrons. The molecule has 26 heavy (non-hydrogen) atoms. The van der Waals surface area contributed by atoms with Crippen LogP contribution in [0.2, 0.25) is 0 Å². The summed E-state index contributed by atoms with van der Waals surface area (Å²) in [6.45, 7) is 2.65. The summed E-state index contributed by atoms with van der Waals surface area (Å²) >= 11 is 0. The van der Waals surface area contributed by atoms with Gasteiger partial charge in [0.2, 0.25) is 5.96 Å². The number of carbonyl (C=O) groups is 1. The molecule has 4 rings (SSSR count). The molecule has 3 aromatic rings. The highest BCUT2D eigenvalue weighted by molar-refractivity contribution is 6.12. The molecule has 0 radical (unpaired) electrons. The van der Waals surface area contributed by atoms with Gasteiger partial charge in [0, 0.05) is 12.7 Å². The van der Waals surface area contributed by atoms with Gasteiger partial charge in [-0.1, -0.05) is 24.3 Å². The highest BCUT2D eigenvalue weighted by Crippen LogP contribution is 2.13. The van der Waals surface area contributed by atoms with Crippen molar-refractivity contribution < 1.29 is 4.79 Å². The summed E-state index contributed by atoms with van der Waals surface area (Å²) in [6, 6.07) is 15.5. The zero-order valence-corrected chi connectivity index (χ0v) is 14.2. The van der Waals surface area contributed by atoms with Crippen molar-refractivity contribution in [2.45, 2.75) is 13.5 Å². The minimum Gasteiger partial charge on any atom is -0.352 e. The Labute approximate surface area is 150 Å². The number of aromatic nitrogens is 2. The fourth-order valence-electron chi connectivity index (χ4n) is 2.74. The molecule has 0 aliphatic carbocycles. The topological polar surface area (TPSA) is 79.3 Å². The van der Waals surface area contributed by atoms with Crippen LogP contribution in [-0.4, -0.2) is 21.8 Å². The zero-order chi connectivity index (χ0) is 17.9. The normalized spacial score (nSPS) is 15.2. The summed E-state index contributed by atoms with van der Waals surface area (Å²) in [7, 11) is 0. The Morgan fingerprint density at radius 2 is 1.96 bits per heavy atom. The first-order valence-corrected chi connectivity index (χ1v) is 8.31. The van der Waals surface area contributed by atoms with Crippen molar-refractivity contribution in [2.75, 3.05) is 0 Å². The molecule has 6 nitrogen and oxygen atoms in total. The van der Waals surface area contributed by atoms with E-state index in [2.05, 4.69) is 38.6 Å². The van der Waals surface area contributed by atoms with Crippen LogP contribution in [-0.2, 0) is 11.3 Å². The van der Waals surface area contributed by atoms with Crippen molar-refractivity contribution in [1.82, 2.24) is 20.6 Å². The number of aryl methyl sites for hydroxylation is 1. The summed E-state index contributed by atoms with van der Waals surface area (Å²) in [6.07, 6.45) is 3.42. The summed E-state index contributed by atoms with van der Waals surface area (Å²) in [5, 5.41) is 6.18. The van der Waals surface area contributed by atoms with Gasteiger partial charge >= 0.3 is 0 Å². The standard InChI is InChI=1S/C20H17N5O/c1-13-5-2-3-6-14(13)12-22-20-24-18(19(26)25-20)11-15-8-9-16-17(23-15)7-4-10-21-16/h2-11H,12H2,1H3,(H2,22,24,25,26)/b18-11-. The first-order valence-electron chi connectivity index (χ1n) is 8.31. The number of nitrogens with one attached hydrogen (secondary N) is 2. The minimum atomic E-state index is -0.314. The molecule has 0 atom stereocenters. The Balaban J connectivity index is 1.48. The van der Waals surface area contributed by atoms with Gasteiger partial charge in [0.05, 0.1) is 16.7 Å². The fraction of sp³-hybridized carbons (Fsp3) is 0.100. The third kappa shape index (κ3) is 3.30. The molecule has 0 bridgehead atoms. The summed E-state index contributed by atoms with van der Waals surface area (Å²) in [4.78, 5) is 24.9. The molecule has 0 saturated heterocycles. The Hall–Kier alpha value is -3.54. The summed E-state index contributed by atoms with van der Waals surface area (Å²) in [5.74, 6) is 0.136. The first-order chi connectivity index (χ1) is 12.7. The third-order valence-electron chi connectivity index (χ3n) is 4.17. The van der Waals surface area contributed by atoms with Gasteiger partial charge in [0.25, 0.3) is 5.91 Å². The van der Waals surface area contributed by atoms with Gasteiger partial charge in [-0.25, -0.2) is 4.98 Å². The average Bonchev–Trinajstić information content (AvgIpc) is 3.00. The van der Waals surface area contributed by atoms with Crippen molar-refractivity contribution in [2.24, 2.45) is 4.99 Å². The predicted octanol–water partition coefficient (Wildman–Crippen LogP) is 2.55. The van der Waals surface area contributed by atoms with E-state index in [0.717, 1.165) is 16.6 Å². The van der Waals surface area contributed by atoms with Gasteiger partial charge in [0.15, 0.2) is 0 Å². The van der Waals surface area contributed by atoms with Crippen LogP contribution in [0, 0.1) is 6.92 Å². The van der Waals surface area contributed by atoms with Crippen LogP contribution < -0.4 is 10.6 Å². The Bertz CT molecular complexity index is 1050. The maximum atomic E-state index is 12.1. The van der Waals surface area contributed by atoms with Gasteiger partial charge in [-0.2, -0.15) is 4.99 Å². The molecule has 0 unspecified atom stereocenters. The van der Waals surface area contributed by atoms with Crippen LogP contribution in [0.15, 0.2) is 65.4 Å². The van der Waals surface area contributed by atoms with Gasteiger partial charge in [-0.05, 0) is 48.4 Å². The molecule has 0 saturated carbocycles. The number of aliphatic imine (C=N–C) groups is 1. The quantitative estimate of drug-likeness (QED) is 0.715. The fourth-order valence-corrected chi connectivity index (χ4v) is 2.74. The number of hydrogen-bond acceptors (Lipinski definition) is 5. The minimum absolute atomic E-state index is 0.314. The van der Waals surface area contributed by atoms with Crippen LogP contribution in [0.1, 0.15) is 16.8 Å². The number of pyridine rings is 2. The second-order valence-electron chi connectivity index (χ2n) is 6.01. The Morgan fingerprint density at radius 1 is 1.08 bits per heavy atom. The molecule has 0 spiro atoms. The van der Waals surface area contributed by atoms with E-state index in [1.165, 1.54) is 5.56 Å². The predicted molar refractivity (Wildman–Crippen MR) is 101 cm³/mol. The van der Waals surface area contributed by atoms with E-state index in [4.69, 9.17) is 0 Å². The van der Waals surface area contributed by atoms with Crippen LogP contribution in [0.25, 0.3) is 17.1 Å². The number of benzene rings is 1. The van der Waals surface area contributed by atoms with Crippen LogP contribution >= 0.6 is 0 Å². The molecule has 0 fully saturated rings. The number of hydrogen-bond donors (Lipinski definition) is 2. The molecular formula is C20H17N5O. The molecule has 3 heterocycles. The molecule has 1 aliphatic heterocycles. The number of rotatable bonds is 3. The Kier molecular flexibility index (Phi) is 4.15. The first kappa shape index (κ1) is 16.0. The van der Waals surface area contributed by atoms with Gasteiger partial charge < -0.3 is 10.6 Å². The molecular weight excluding hydrogens is 326 g/mol. The van der Waals surface area contributed by atoms with Gasteiger partial charge in [-0.15, -0.1) is 0 Å². The molecule has 1 aliphatic rings. The number of amides is 1. The second kappa shape index (κ2) is 6.76. The smallest absolute Gasteiger partial charge is 0.296 e. The van der Waals surface area contributed by atoms with E-state index in [9.17, 15) is 4.79 Å². The average molecular weight is 343 g/mol. The number of carbonyl (C=O) groups excluding carboxylic acids is 1.